The smallest absolute Gasteiger partial charge is 0.338 e. The maximum atomic E-state index is 12.5. The summed E-state index contributed by atoms with van der Waals surface area (Å²) in [5, 5.41) is 0.523. The Morgan fingerprint density at radius 3 is 1.86 bits per heavy atom. The highest BCUT2D eigenvalue weighted by Crippen LogP contribution is 2.39. The van der Waals surface area contributed by atoms with Crippen LogP contribution in [-0.2, 0) is 4.74 Å². The lowest BCUT2D eigenvalue weighted by molar-refractivity contribution is 0.0474. The van der Waals surface area contributed by atoms with Crippen LogP contribution in [0.1, 0.15) is 41.5 Å². The van der Waals surface area contributed by atoms with Crippen LogP contribution in [0, 0.1) is 0 Å². The molecule has 6 nitrogen and oxygen atoms in total. The summed E-state index contributed by atoms with van der Waals surface area (Å²) in [7, 11) is 0. The molecule has 0 heterocycles. The molecule has 0 atom stereocenters. The Hall–Kier alpha value is -2.73. The first-order valence-corrected chi connectivity index (χ1v) is 9.40. The summed E-state index contributed by atoms with van der Waals surface area (Å²) in [4.78, 5) is 24.6. The summed E-state index contributed by atoms with van der Waals surface area (Å²) in [6.07, 6.45) is 0. The van der Waals surface area contributed by atoms with Crippen molar-refractivity contribution in [3.63, 3.8) is 0 Å². The molecule has 0 aliphatic heterocycles. The lowest BCUT2D eigenvalue weighted by Crippen LogP contribution is -2.15. The first kappa shape index (κ1) is 21.6. The highest BCUT2D eigenvalue weighted by molar-refractivity contribution is 6.30. The minimum Gasteiger partial charge on any atom is -0.490 e. The Kier molecular flexibility index (Phi) is 8.14. The van der Waals surface area contributed by atoms with Gasteiger partial charge in [-0.15, -0.1) is 0 Å². The predicted molar refractivity (Wildman–Crippen MR) is 106 cm³/mol. The average Bonchev–Trinajstić information content (AvgIpc) is 2.69. The molecule has 0 saturated carbocycles. The van der Waals surface area contributed by atoms with E-state index >= 15 is 0 Å². The van der Waals surface area contributed by atoms with E-state index in [1.165, 1.54) is 12.1 Å². The zero-order valence-electron chi connectivity index (χ0n) is 16.1. The van der Waals surface area contributed by atoms with Gasteiger partial charge in [-0.1, -0.05) is 11.6 Å². The van der Waals surface area contributed by atoms with E-state index in [4.69, 9.17) is 30.5 Å². The number of carbonyl (C=O) groups excluding carboxylic acids is 2. The zero-order valence-corrected chi connectivity index (χ0v) is 16.9. The van der Waals surface area contributed by atoms with E-state index in [1.807, 2.05) is 20.8 Å². The van der Waals surface area contributed by atoms with E-state index in [-0.39, 0.29) is 18.0 Å². The summed E-state index contributed by atoms with van der Waals surface area (Å²) in [5.41, 5.74) is 0.619. The number of ether oxygens (including phenoxy) is 4. The van der Waals surface area contributed by atoms with Gasteiger partial charge in [-0.05, 0) is 57.2 Å². The second-order valence-corrected chi connectivity index (χ2v) is 6.04. The van der Waals surface area contributed by atoms with Crippen LogP contribution in [0.5, 0.6) is 17.2 Å². The van der Waals surface area contributed by atoms with Crippen molar-refractivity contribution in [1.82, 2.24) is 0 Å². The summed E-state index contributed by atoms with van der Waals surface area (Å²) < 4.78 is 21.9. The molecule has 0 bridgehead atoms. The third kappa shape index (κ3) is 5.63. The van der Waals surface area contributed by atoms with E-state index in [2.05, 4.69) is 0 Å². The Bertz CT molecular complexity index is 789. The van der Waals surface area contributed by atoms with Gasteiger partial charge >= 0.3 is 5.97 Å². The van der Waals surface area contributed by atoms with E-state index in [0.29, 0.717) is 47.7 Å². The number of halogens is 1. The van der Waals surface area contributed by atoms with Gasteiger partial charge in [0, 0.05) is 10.6 Å². The average molecular weight is 407 g/mol. The largest absolute Gasteiger partial charge is 0.490 e. The van der Waals surface area contributed by atoms with E-state index in [9.17, 15) is 9.59 Å². The molecule has 7 heteroatoms. The molecule has 0 fully saturated rings. The van der Waals surface area contributed by atoms with Crippen LogP contribution >= 0.6 is 11.6 Å². The van der Waals surface area contributed by atoms with Crippen LogP contribution in [0.15, 0.2) is 36.4 Å². The predicted octanol–water partition coefficient (Wildman–Crippen LogP) is 4.58. The summed E-state index contributed by atoms with van der Waals surface area (Å²) in [5.74, 6) is 0.204. The Labute approximate surface area is 169 Å². The molecule has 0 aliphatic rings. The highest BCUT2D eigenvalue weighted by atomic mass is 35.5. The molecular weight excluding hydrogens is 384 g/mol. The van der Waals surface area contributed by atoms with Crippen LogP contribution in [0.3, 0.4) is 0 Å². The van der Waals surface area contributed by atoms with Gasteiger partial charge in [0.05, 0.1) is 25.4 Å². The molecule has 2 aromatic rings. The van der Waals surface area contributed by atoms with Crippen molar-refractivity contribution in [2.24, 2.45) is 0 Å². The van der Waals surface area contributed by atoms with E-state index < -0.39 is 5.97 Å². The van der Waals surface area contributed by atoms with Gasteiger partial charge in [0.2, 0.25) is 5.75 Å². The van der Waals surface area contributed by atoms with Gasteiger partial charge in [-0.25, -0.2) is 4.79 Å². The van der Waals surface area contributed by atoms with Crippen LogP contribution in [-0.4, -0.2) is 38.2 Å². The number of Topliss-reactive ketones (excluding diaryl/α,β-unsaturated/α-hetero) is 1. The Balaban J connectivity index is 2.18. The van der Waals surface area contributed by atoms with Gasteiger partial charge in [0.25, 0.3) is 0 Å². The normalized spacial score (nSPS) is 10.3. The van der Waals surface area contributed by atoms with Crippen molar-refractivity contribution in [2.75, 3.05) is 26.4 Å². The number of hydrogen-bond acceptors (Lipinski definition) is 6. The van der Waals surface area contributed by atoms with Gasteiger partial charge < -0.3 is 18.9 Å². The van der Waals surface area contributed by atoms with Crippen LogP contribution in [0.25, 0.3) is 0 Å². The molecule has 0 radical (unpaired) electrons. The molecule has 150 valence electrons. The Morgan fingerprint density at radius 1 is 0.821 bits per heavy atom. The number of ketones is 1. The molecule has 0 aliphatic carbocycles. The number of rotatable bonds is 10. The molecule has 2 rings (SSSR count). The van der Waals surface area contributed by atoms with Crippen molar-refractivity contribution in [2.45, 2.75) is 20.8 Å². The molecular formula is C21H23ClO6. The van der Waals surface area contributed by atoms with Crippen LogP contribution in [0.2, 0.25) is 5.02 Å². The fourth-order valence-electron chi connectivity index (χ4n) is 2.44. The zero-order chi connectivity index (χ0) is 20.5. The molecule has 28 heavy (non-hydrogen) atoms. The van der Waals surface area contributed by atoms with Gasteiger partial charge in [-0.3, -0.25) is 4.79 Å². The lowest BCUT2D eigenvalue weighted by atomic mass is 10.1. The third-order valence-corrected chi connectivity index (χ3v) is 3.90. The first-order valence-electron chi connectivity index (χ1n) is 9.02. The topological polar surface area (TPSA) is 71.1 Å². The van der Waals surface area contributed by atoms with Crippen molar-refractivity contribution in [3.05, 3.63) is 52.5 Å². The molecule has 0 amide bonds. The maximum Gasteiger partial charge on any atom is 0.338 e. The minimum atomic E-state index is -0.660. The van der Waals surface area contributed by atoms with Gasteiger partial charge in [0.1, 0.15) is 0 Å². The number of carbonyl (C=O) groups is 2. The summed E-state index contributed by atoms with van der Waals surface area (Å²) >= 11 is 5.81. The Morgan fingerprint density at radius 2 is 1.36 bits per heavy atom. The molecule has 0 unspecified atom stereocenters. The molecule has 0 N–H and O–H groups in total. The molecule has 0 aromatic heterocycles. The van der Waals surface area contributed by atoms with Crippen LogP contribution < -0.4 is 14.2 Å². The lowest BCUT2D eigenvalue weighted by Gasteiger charge is -2.16. The summed E-state index contributed by atoms with van der Waals surface area (Å²) in [6, 6.07) is 9.40. The van der Waals surface area contributed by atoms with Gasteiger partial charge in [-0.2, -0.15) is 0 Å². The fraction of sp³-hybridized carbons (Fsp3) is 0.333. The van der Waals surface area contributed by atoms with Crippen molar-refractivity contribution in [3.8, 4) is 17.2 Å². The van der Waals surface area contributed by atoms with Crippen molar-refractivity contribution in [1.29, 1.82) is 0 Å². The molecule has 0 spiro atoms. The van der Waals surface area contributed by atoms with Crippen LogP contribution in [0.4, 0.5) is 0 Å². The molecule has 2 aromatic carbocycles. The maximum absolute atomic E-state index is 12.5. The number of hydrogen-bond donors (Lipinski definition) is 0. The van der Waals surface area contributed by atoms with E-state index in [0.717, 1.165) is 0 Å². The third-order valence-electron chi connectivity index (χ3n) is 3.65. The quantitative estimate of drug-likeness (QED) is 0.425. The van der Waals surface area contributed by atoms with Crippen molar-refractivity contribution < 1.29 is 28.5 Å². The summed E-state index contributed by atoms with van der Waals surface area (Å²) in [6.45, 7) is 6.30. The van der Waals surface area contributed by atoms with E-state index in [1.54, 1.807) is 24.3 Å². The van der Waals surface area contributed by atoms with Crippen molar-refractivity contribution >= 4 is 23.4 Å². The van der Waals surface area contributed by atoms with Gasteiger partial charge in [0.15, 0.2) is 23.9 Å². The minimum absolute atomic E-state index is 0.208. The first-order chi connectivity index (χ1) is 13.5. The second-order valence-electron chi connectivity index (χ2n) is 5.61. The number of esters is 1. The fourth-order valence-corrected chi connectivity index (χ4v) is 2.57. The second kappa shape index (κ2) is 10.6. The highest BCUT2D eigenvalue weighted by Gasteiger charge is 2.20. The SMILES string of the molecule is CCOc1cc(C(=O)OCC(=O)c2ccc(Cl)cc2)cc(OCC)c1OCC. The molecule has 0 saturated heterocycles. The standard InChI is InChI=1S/C21H23ClO6/c1-4-25-18-11-15(12-19(26-5-2)20(18)27-6-3)21(24)28-13-17(23)14-7-9-16(22)10-8-14/h7-12H,4-6,13H2,1-3H3. The number of benzene rings is 2. The monoisotopic (exact) mass is 406 g/mol.